The Kier molecular flexibility index (Phi) is 4.87. The minimum absolute atomic E-state index is 0.146. The van der Waals surface area contributed by atoms with E-state index in [1.807, 2.05) is 24.3 Å². The van der Waals surface area contributed by atoms with Crippen LogP contribution in [0.4, 0.5) is 5.82 Å². The monoisotopic (exact) mass is 336 g/mol. The molecule has 1 aliphatic rings. The summed E-state index contributed by atoms with van der Waals surface area (Å²) in [7, 11) is -3.41. The maximum Gasteiger partial charge on any atom is 0.254 e. The normalized spacial score (nSPS) is 16.1. The highest BCUT2D eigenvalue weighted by molar-refractivity contribution is 7.89. The molecule has 2 aromatic rings. The van der Waals surface area contributed by atoms with Crippen LogP contribution in [0.5, 0.6) is 0 Å². The number of unbranched alkanes of at least 4 members (excludes halogenated alkanes) is 2. The number of benzene rings is 1. The first-order valence-electron chi connectivity index (χ1n) is 8.30. The van der Waals surface area contributed by atoms with Gasteiger partial charge < -0.3 is 10.2 Å². The summed E-state index contributed by atoms with van der Waals surface area (Å²) in [5.74, 6) is 0.925. The van der Waals surface area contributed by atoms with E-state index < -0.39 is 10.0 Å². The zero-order chi connectivity index (χ0) is 16.3. The molecule has 0 spiro atoms. The van der Waals surface area contributed by atoms with Gasteiger partial charge in [0.2, 0.25) is 0 Å². The molecule has 6 nitrogen and oxygen atoms in total. The van der Waals surface area contributed by atoms with Gasteiger partial charge >= 0.3 is 0 Å². The van der Waals surface area contributed by atoms with E-state index in [1.54, 1.807) is 0 Å². The highest BCUT2D eigenvalue weighted by Crippen LogP contribution is 2.27. The molecule has 2 heterocycles. The number of fused-ring (bicyclic) bond motifs is 1. The molecule has 1 fully saturated rings. The Morgan fingerprint density at radius 3 is 2.65 bits per heavy atom. The van der Waals surface area contributed by atoms with Crippen molar-refractivity contribution in [3.63, 3.8) is 0 Å². The van der Waals surface area contributed by atoms with Crippen LogP contribution in [0.25, 0.3) is 10.9 Å². The smallest absolute Gasteiger partial charge is 0.254 e. The number of para-hydroxylation sites is 1. The molecule has 0 unspecified atom stereocenters. The van der Waals surface area contributed by atoms with Crippen LogP contribution in [-0.4, -0.2) is 49.5 Å². The molecule has 0 atom stereocenters. The molecule has 7 heteroatoms. The molecule has 0 radical (unpaired) electrons. The van der Waals surface area contributed by atoms with Crippen molar-refractivity contribution in [2.45, 2.75) is 26.2 Å². The first-order chi connectivity index (χ1) is 11.1. The summed E-state index contributed by atoms with van der Waals surface area (Å²) in [6.07, 6.45) is 2.60. The summed E-state index contributed by atoms with van der Waals surface area (Å²) >= 11 is 0. The summed E-state index contributed by atoms with van der Waals surface area (Å²) < 4.78 is 26.6. The van der Waals surface area contributed by atoms with Crippen LogP contribution in [0, 0.1) is 0 Å². The number of anilines is 1. The van der Waals surface area contributed by atoms with Crippen LogP contribution in [0.3, 0.4) is 0 Å². The Morgan fingerprint density at radius 2 is 1.91 bits per heavy atom. The number of hydrogen-bond acceptors (Lipinski definition) is 5. The van der Waals surface area contributed by atoms with Gasteiger partial charge in [0.25, 0.3) is 10.0 Å². The highest BCUT2D eigenvalue weighted by atomic mass is 32.2. The van der Waals surface area contributed by atoms with Crippen LogP contribution in [-0.2, 0) is 10.0 Å². The minimum atomic E-state index is -3.41. The fourth-order valence-electron chi connectivity index (χ4n) is 2.97. The van der Waals surface area contributed by atoms with Crippen molar-refractivity contribution in [3.05, 3.63) is 24.3 Å². The molecule has 1 aliphatic heterocycles. The first kappa shape index (κ1) is 16.3. The highest BCUT2D eigenvalue weighted by Gasteiger charge is 2.23. The largest absolute Gasteiger partial charge is 0.352 e. The lowest BCUT2D eigenvalue weighted by atomic mass is 10.2. The quantitative estimate of drug-likeness (QED) is 0.815. The summed E-state index contributed by atoms with van der Waals surface area (Å²) in [5, 5.41) is 8.71. The van der Waals surface area contributed by atoms with Crippen molar-refractivity contribution in [2.24, 2.45) is 0 Å². The van der Waals surface area contributed by atoms with Gasteiger partial charge in [0.05, 0.1) is 11.3 Å². The van der Waals surface area contributed by atoms with Gasteiger partial charge in [-0.25, -0.2) is 8.42 Å². The molecule has 0 aliphatic carbocycles. The number of rotatable bonds is 6. The summed E-state index contributed by atoms with van der Waals surface area (Å²) in [6, 6.07) is 7.59. The van der Waals surface area contributed by atoms with Crippen LogP contribution < -0.4 is 10.2 Å². The van der Waals surface area contributed by atoms with Gasteiger partial charge in [-0.15, -0.1) is 5.10 Å². The topological polar surface area (TPSA) is 67.2 Å². The number of aromatic nitrogens is 2. The molecule has 3 rings (SSSR count). The summed E-state index contributed by atoms with van der Waals surface area (Å²) in [5.41, 5.74) is 0.678. The van der Waals surface area contributed by atoms with E-state index in [-0.39, 0.29) is 5.75 Å². The second-order valence-corrected chi connectivity index (χ2v) is 7.86. The fraction of sp³-hybridized carbons (Fsp3) is 0.562. The number of piperazine rings is 1. The Balaban J connectivity index is 2.00. The lowest BCUT2D eigenvalue weighted by Crippen LogP contribution is -2.43. The van der Waals surface area contributed by atoms with Crippen LogP contribution in [0.2, 0.25) is 0 Å². The zero-order valence-electron chi connectivity index (χ0n) is 13.5. The van der Waals surface area contributed by atoms with E-state index in [9.17, 15) is 8.42 Å². The molecular formula is C16H24N4O2S. The lowest BCUT2D eigenvalue weighted by molar-refractivity contribution is 0.571. The van der Waals surface area contributed by atoms with Crippen LogP contribution in [0.15, 0.2) is 24.3 Å². The number of hydrogen-bond donors (Lipinski definition) is 1. The van der Waals surface area contributed by atoms with Crippen molar-refractivity contribution in [1.29, 1.82) is 0 Å². The SMILES string of the molecule is CCCCCS(=O)(=O)n1nc(N2CCNCC2)c2ccccc21. The predicted octanol–water partition coefficient (Wildman–Crippen LogP) is 1.81. The first-order valence-corrected chi connectivity index (χ1v) is 9.91. The van der Waals surface area contributed by atoms with Gasteiger partial charge in [-0.1, -0.05) is 31.9 Å². The molecule has 23 heavy (non-hydrogen) atoms. The third-order valence-corrected chi connectivity index (χ3v) is 5.83. The Hall–Kier alpha value is -1.60. The van der Waals surface area contributed by atoms with E-state index in [0.29, 0.717) is 11.9 Å². The van der Waals surface area contributed by atoms with Crippen molar-refractivity contribution >= 4 is 26.7 Å². The molecule has 0 saturated carbocycles. The van der Waals surface area contributed by atoms with Gasteiger partial charge in [0.1, 0.15) is 0 Å². The third-order valence-electron chi connectivity index (χ3n) is 4.22. The van der Waals surface area contributed by atoms with E-state index in [2.05, 4.69) is 22.2 Å². The maximum atomic E-state index is 12.7. The van der Waals surface area contributed by atoms with Crippen molar-refractivity contribution in [3.8, 4) is 0 Å². The van der Waals surface area contributed by atoms with Gasteiger partial charge in [-0.3, -0.25) is 0 Å². The van der Waals surface area contributed by atoms with Gasteiger partial charge in [-0.2, -0.15) is 4.09 Å². The molecule has 1 aromatic heterocycles. The molecule has 0 amide bonds. The van der Waals surface area contributed by atoms with Gasteiger partial charge in [0, 0.05) is 31.6 Å². The van der Waals surface area contributed by atoms with E-state index >= 15 is 0 Å². The van der Waals surface area contributed by atoms with Crippen molar-refractivity contribution in [2.75, 3.05) is 36.8 Å². The van der Waals surface area contributed by atoms with Crippen molar-refractivity contribution < 1.29 is 8.42 Å². The fourth-order valence-corrected chi connectivity index (χ4v) is 4.37. The van der Waals surface area contributed by atoms with E-state index in [1.165, 1.54) is 4.09 Å². The third kappa shape index (κ3) is 3.35. The number of nitrogens with one attached hydrogen (secondary N) is 1. The van der Waals surface area contributed by atoms with E-state index in [4.69, 9.17) is 0 Å². The van der Waals surface area contributed by atoms with E-state index in [0.717, 1.165) is 50.2 Å². The molecule has 126 valence electrons. The second kappa shape index (κ2) is 6.88. The van der Waals surface area contributed by atoms with Crippen LogP contribution in [0.1, 0.15) is 26.2 Å². The Bertz CT molecular complexity index is 763. The van der Waals surface area contributed by atoms with Crippen molar-refractivity contribution in [1.82, 2.24) is 14.5 Å². The Labute approximate surface area is 137 Å². The second-order valence-electron chi connectivity index (χ2n) is 5.94. The average Bonchev–Trinajstić information content (AvgIpc) is 2.96. The number of nitrogens with zero attached hydrogens (tertiary/aromatic N) is 3. The standard InChI is InChI=1S/C16H24N4O2S/c1-2-3-6-13-23(21,22)20-15-8-5-4-7-14(15)16(18-20)19-11-9-17-10-12-19/h4-5,7-8,17H,2-3,6,9-13H2,1H3. The Morgan fingerprint density at radius 1 is 1.17 bits per heavy atom. The zero-order valence-corrected chi connectivity index (χ0v) is 14.3. The van der Waals surface area contributed by atoms with Gasteiger partial charge in [0.15, 0.2) is 5.82 Å². The molecular weight excluding hydrogens is 312 g/mol. The predicted molar refractivity (Wildman–Crippen MR) is 93.5 cm³/mol. The average molecular weight is 336 g/mol. The summed E-state index contributed by atoms with van der Waals surface area (Å²) in [6.45, 7) is 5.54. The van der Waals surface area contributed by atoms with Gasteiger partial charge in [-0.05, 0) is 18.6 Å². The molecule has 1 aromatic carbocycles. The lowest BCUT2D eigenvalue weighted by Gasteiger charge is -2.27. The summed E-state index contributed by atoms with van der Waals surface area (Å²) in [4.78, 5) is 2.16. The van der Waals surface area contributed by atoms with Crippen LogP contribution >= 0.6 is 0 Å². The molecule has 1 saturated heterocycles. The minimum Gasteiger partial charge on any atom is -0.352 e. The molecule has 1 N–H and O–H groups in total. The maximum absolute atomic E-state index is 12.7. The molecule has 0 bridgehead atoms.